The normalized spacial score (nSPS) is 11.9. The second-order valence-electron chi connectivity index (χ2n) is 5.12. The lowest BCUT2D eigenvalue weighted by atomic mass is 10.1. The van der Waals surface area contributed by atoms with E-state index in [2.05, 4.69) is 17.4 Å². The Kier molecular flexibility index (Phi) is 4.41. The van der Waals surface area contributed by atoms with E-state index in [1.165, 1.54) is 5.56 Å². The molecule has 0 saturated carbocycles. The zero-order valence-electron chi connectivity index (χ0n) is 11.9. The molecule has 0 aliphatic rings. The smallest absolute Gasteiger partial charge is 0.224 e. The number of nitrogens with two attached hydrogens (primary N) is 1. The van der Waals surface area contributed by atoms with Gasteiger partial charge in [0.1, 0.15) is 0 Å². The maximum absolute atomic E-state index is 12.0. The van der Waals surface area contributed by atoms with E-state index < -0.39 is 0 Å². The molecule has 104 valence electrons. The summed E-state index contributed by atoms with van der Waals surface area (Å²) in [5.41, 5.74) is 9.64. The number of nitrogen functional groups attached to an aromatic ring is 1. The highest BCUT2D eigenvalue weighted by Crippen LogP contribution is 2.14. The SMILES string of the molecule is Cc1ccc(C(C)NC(=O)Cc2cccc(N)c2)cc1. The van der Waals surface area contributed by atoms with Crippen LogP contribution in [0.1, 0.15) is 29.7 Å². The maximum Gasteiger partial charge on any atom is 0.224 e. The van der Waals surface area contributed by atoms with E-state index in [9.17, 15) is 4.79 Å². The first kappa shape index (κ1) is 14.1. The molecule has 3 nitrogen and oxygen atoms in total. The Balaban J connectivity index is 1.95. The van der Waals surface area contributed by atoms with Gasteiger partial charge in [-0.05, 0) is 37.1 Å². The number of nitrogens with one attached hydrogen (secondary N) is 1. The van der Waals surface area contributed by atoms with Crippen molar-refractivity contribution in [2.45, 2.75) is 26.3 Å². The molecule has 1 amide bonds. The van der Waals surface area contributed by atoms with E-state index in [0.717, 1.165) is 11.1 Å². The lowest BCUT2D eigenvalue weighted by molar-refractivity contribution is -0.121. The third-order valence-corrected chi connectivity index (χ3v) is 3.27. The zero-order valence-corrected chi connectivity index (χ0v) is 11.9. The fourth-order valence-corrected chi connectivity index (χ4v) is 2.12. The molecule has 0 radical (unpaired) electrons. The highest BCUT2D eigenvalue weighted by Gasteiger charge is 2.10. The van der Waals surface area contributed by atoms with Gasteiger partial charge < -0.3 is 11.1 Å². The molecule has 2 rings (SSSR count). The molecular weight excluding hydrogens is 248 g/mol. The van der Waals surface area contributed by atoms with E-state index in [1.807, 2.05) is 50.2 Å². The third-order valence-electron chi connectivity index (χ3n) is 3.27. The Morgan fingerprint density at radius 3 is 2.55 bits per heavy atom. The summed E-state index contributed by atoms with van der Waals surface area (Å²) >= 11 is 0. The first-order valence-corrected chi connectivity index (χ1v) is 6.75. The zero-order chi connectivity index (χ0) is 14.5. The Morgan fingerprint density at radius 2 is 1.90 bits per heavy atom. The molecule has 3 heteroatoms. The quantitative estimate of drug-likeness (QED) is 0.837. The number of benzene rings is 2. The summed E-state index contributed by atoms with van der Waals surface area (Å²) in [5.74, 6) is 0.00340. The van der Waals surface area contributed by atoms with Gasteiger partial charge in [0.15, 0.2) is 0 Å². The van der Waals surface area contributed by atoms with Gasteiger partial charge in [0.25, 0.3) is 0 Å². The standard InChI is InChI=1S/C17H20N2O/c1-12-6-8-15(9-7-12)13(2)19-17(20)11-14-4-3-5-16(18)10-14/h3-10,13H,11,18H2,1-2H3,(H,19,20). The van der Waals surface area contributed by atoms with Crippen LogP contribution in [0.25, 0.3) is 0 Å². The summed E-state index contributed by atoms with van der Waals surface area (Å²) < 4.78 is 0. The van der Waals surface area contributed by atoms with Crippen molar-refractivity contribution in [1.82, 2.24) is 5.32 Å². The average Bonchev–Trinajstić information content (AvgIpc) is 2.39. The number of carbonyl (C=O) groups excluding carboxylic acids is 1. The molecule has 1 unspecified atom stereocenters. The summed E-state index contributed by atoms with van der Waals surface area (Å²) in [6, 6.07) is 15.6. The van der Waals surface area contributed by atoms with Gasteiger partial charge in [-0.25, -0.2) is 0 Å². The molecule has 2 aromatic carbocycles. The van der Waals surface area contributed by atoms with Crippen LogP contribution in [-0.2, 0) is 11.2 Å². The van der Waals surface area contributed by atoms with Crippen LogP contribution in [0.15, 0.2) is 48.5 Å². The minimum atomic E-state index is 0.00340. The van der Waals surface area contributed by atoms with Crippen molar-refractivity contribution in [3.05, 3.63) is 65.2 Å². The maximum atomic E-state index is 12.0. The summed E-state index contributed by atoms with van der Waals surface area (Å²) in [7, 11) is 0. The molecule has 0 bridgehead atoms. The number of anilines is 1. The van der Waals surface area contributed by atoms with Crippen molar-refractivity contribution >= 4 is 11.6 Å². The van der Waals surface area contributed by atoms with Crippen molar-refractivity contribution in [3.63, 3.8) is 0 Å². The van der Waals surface area contributed by atoms with Gasteiger partial charge in [-0.3, -0.25) is 4.79 Å². The van der Waals surface area contributed by atoms with Gasteiger partial charge >= 0.3 is 0 Å². The van der Waals surface area contributed by atoms with Gasteiger partial charge in [-0.1, -0.05) is 42.0 Å². The number of hydrogen-bond acceptors (Lipinski definition) is 2. The summed E-state index contributed by atoms with van der Waals surface area (Å²) in [6.07, 6.45) is 0.348. The summed E-state index contributed by atoms with van der Waals surface area (Å²) in [6.45, 7) is 4.04. The molecule has 1 atom stereocenters. The number of amides is 1. The second kappa shape index (κ2) is 6.24. The first-order chi connectivity index (χ1) is 9.54. The van der Waals surface area contributed by atoms with Crippen molar-refractivity contribution in [2.75, 3.05) is 5.73 Å². The Labute approximate surface area is 119 Å². The summed E-state index contributed by atoms with van der Waals surface area (Å²) in [4.78, 5) is 12.0. The Bertz CT molecular complexity index is 590. The van der Waals surface area contributed by atoms with Gasteiger partial charge in [0.05, 0.1) is 12.5 Å². The lowest BCUT2D eigenvalue weighted by Gasteiger charge is -2.14. The van der Waals surface area contributed by atoms with E-state index in [4.69, 9.17) is 5.73 Å². The van der Waals surface area contributed by atoms with E-state index in [1.54, 1.807) is 0 Å². The Hall–Kier alpha value is -2.29. The molecule has 0 saturated heterocycles. The van der Waals surface area contributed by atoms with Crippen molar-refractivity contribution in [1.29, 1.82) is 0 Å². The Morgan fingerprint density at radius 1 is 1.20 bits per heavy atom. The molecule has 0 aliphatic carbocycles. The summed E-state index contributed by atoms with van der Waals surface area (Å²) in [5, 5.41) is 3.00. The second-order valence-corrected chi connectivity index (χ2v) is 5.12. The minimum absolute atomic E-state index is 0.00340. The predicted molar refractivity (Wildman–Crippen MR) is 82.3 cm³/mol. The molecular formula is C17H20N2O. The highest BCUT2D eigenvalue weighted by atomic mass is 16.1. The molecule has 0 heterocycles. The van der Waals surface area contributed by atoms with Gasteiger partial charge in [-0.2, -0.15) is 0 Å². The van der Waals surface area contributed by atoms with Crippen LogP contribution in [-0.4, -0.2) is 5.91 Å². The number of carbonyl (C=O) groups is 1. The minimum Gasteiger partial charge on any atom is -0.399 e. The van der Waals surface area contributed by atoms with Crippen LogP contribution in [0.5, 0.6) is 0 Å². The number of rotatable bonds is 4. The van der Waals surface area contributed by atoms with Crippen LogP contribution in [0.4, 0.5) is 5.69 Å². The molecule has 0 fully saturated rings. The van der Waals surface area contributed by atoms with Crippen LogP contribution >= 0.6 is 0 Å². The largest absolute Gasteiger partial charge is 0.399 e. The van der Waals surface area contributed by atoms with Crippen LogP contribution in [0.3, 0.4) is 0 Å². The monoisotopic (exact) mass is 268 g/mol. The lowest BCUT2D eigenvalue weighted by Crippen LogP contribution is -2.28. The van der Waals surface area contributed by atoms with E-state index >= 15 is 0 Å². The van der Waals surface area contributed by atoms with Crippen LogP contribution < -0.4 is 11.1 Å². The molecule has 3 N–H and O–H groups in total. The van der Waals surface area contributed by atoms with Gasteiger partial charge in [0.2, 0.25) is 5.91 Å². The molecule has 0 spiro atoms. The molecule has 2 aromatic rings. The van der Waals surface area contributed by atoms with Gasteiger partial charge in [-0.15, -0.1) is 0 Å². The highest BCUT2D eigenvalue weighted by molar-refractivity contribution is 5.79. The number of hydrogen-bond donors (Lipinski definition) is 2. The third kappa shape index (κ3) is 3.85. The molecule has 0 aliphatic heterocycles. The van der Waals surface area contributed by atoms with E-state index in [-0.39, 0.29) is 11.9 Å². The topological polar surface area (TPSA) is 55.1 Å². The predicted octanol–water partition coefficient (Wildman–Crippen LogP) is 3.00. The molecule has 20 heavy (non-hydrogen) atoms. The van der Waals surface area contributed by atoms with Gasteiger partial charge in [0, 0.05) is 5.69 Å². The van der Waals surface area contributed by atoms with Crippen molar-refractivity contribution in [3.8, 4) is 0 Å². The average molecular weight is 268 g/mol. The fraction of sp³-hybridized carbons (Fsp3) is 0.235. The fourth-order valence-electron chi connectivity index (χ4n) is 2.12. The molecule has 0 aromatic heterocycles. The first-order valence-electron chi connectivity index (χ1n) is 6.75. The van der Waals surface area contributed by atoms with E-state index in [0.29, 0.717) is 12.1 Å². The van der Waals surface area contributed by atoms with Crippen molar-refractivity contribution in [2.24, 2.45) is 0 Å². The van der Waals surface area contributed by atoms with Crippen LogP contribution in [0, 0.1) is 6.92 Å². The number of aryl methyl sites for hydroxylation is 1. The van der Waals surface area contributed by atoms with Crippen LogP contribution in [0.2, 0.25) is 0 Å². The van der Waals surface area contributed by atoms with Crippen molar-refractivity contribution < 1.29 is 4.79 Å².